The minimum Gasteiger partial charge on any atom is -0.379 e. The van der Waals surface area contributed by atoms with Gasteiger partial charge >= 0.3 is 0 Å². The maximum absolute atomic E-state index is 4.38. The summed E-state index contributed by atoms with van der Waals surface area (Å²) in [6.07, 6.45) is 0. The third kappa shape index (κ3) is 2.91. The molecule has 0 unspecified atom stereocenters. The molecule has 18 heavy (non-hydrogen) atoms. The van der Waals surface area contributed by atoms with Crippen LogP contribution in [0.15, 0.2) is 34.9 Å². The van der Waals surface area contributed by atoms with Crippen LogP contribution in [0.1, 0.15) is 22.4 Å². The molecule has 2 aromatic rings. The number of nitrogens with one attached hydrogen (secondary N) is 1. The van der Waals surface area contributed by atoms with Crippen LogP contribution in [0.4, 0.5) is 5.69 Å². The Kier molecular flexibility index (Phi) is 4.02. The normalized spacial score (nSPS) is 10.4. The lowest BCUT2D eigenvalue weighted by Gasteiger charge is -2.13. The number of aryl methyl sites for hydroxylation is 3. The molecule has 0 amide bonds. The number of halogens is 1. The molecule has 0 saturated heterocycles. The first-order valence-corrected chi connectivity index (χ1v) is 6.79. The molecule has 3 heteroatoms. The molecule has 0 spiro atoms. The minimum atomic E-state index is 0.836. The fourth-order valence-corrected chi connectivity index (χ4v) is 2.43. The number of anilines is 1. The van der Waals surface area contributed by atoms with E-state index < -0.39 is 0 Å². The zero-order chi connectivity index (χ0) is 13.1. The van der Waals surface area contributed by atoms with Crippen LogP contribution in [0.2, 0.25) is 0 Å². The standard InChI is InChI=1S/C15H17BrN2/c1-10-5-4-6-11(2)13(10)9-17-14-7-8-15(16)18-12(14)3/h4-8,17H,9H2,1-3H3. The number of aromatic nitrogens is 1. The fourth-order valence-electron chi connectivity index (χ4n) is 2.03. The maximum atomic E-state index is 4.38. The van der Waals surface area contributed by atoms with Crippen molar-refractivity contribution in [2.75, 3.05) is 5.32 Å². The molecule has 0 bridgehead atoms. The molecular weight excluding hydrogens is 288 g/mol. The SMILES string of the molecule is Cc1cccc(C)c1CNc1ccc(Br)nc1C. The molecule has 1 aromatic carbocycles. The second-order valence-corrected chi connectivity index (χ2v) is 5.30. The highest BCUT2D eigenvalue weighted by Gasteiger charge is 2.04. The highest BCUT2D eigenvalue weighted by atomic mass is 79.9. The number of hydrogen-bond acceptors (Lipinski definition) is 2. The van der Waals surface area contributed by atoms with Gasteiger partial charge in [0.1, 0.15) is 4.60 Å². The van der Waals surface area contributed by atoms with Gasteiger partial charge in [-0.05, 0) is 65.5 Å². The Bertz CT molecular complexity index is 544. The van der Waals surface area contributed by atoms with Crippen LogP contribution in [0.5, 0.6) is 0 Å². The highest BCUT2D eigenvalue weighted by molar-refractivity contribution is 9.10. The molecule has 0 aliphatic heterocycles. The first-order chi connectivity index (χ1) is 8.58. The molecule has 2 rings (SSSR count). The lowest BCUT2D eigenvalue weighted by molar-refractivity contribution is 1.06. The van der Waals surface area contributed by atoms with Gasteiger partial charge in [0.2, 0.25) is 0 Å². The molecule has 1 N–H and O–H groups in total. The predicted molar refractivity (Wildman–Crippen MR) is 79.9 cm³/mol. The molecule has 1 heterocycles. The van der Waals surface area contributed by atoms with Gasteiger partial charge in [-0.1, -0.05) is 18.2 Å². The summed E-state index contributed by atoms with van der Waals surface area (Å²) in [6, 6.07) is 10.4. The number of benzene rings is 1. The van der Waals surface area contributed by atoms with Crippen molar-refractivity contribution in [1.29, 1.82) is 0 Å². The van der Waals surface area contributed by atoms with E-state index in [1.807, 2.05) is 13.0 Å². The number of rotatable bonds is 3. The summed E-state index contributed by atoms with van der Waals surface area (Å²) in [6.45, 7) is 7.15. The summed E-state index contributed by atoms with van der Waals surface area (Å²) < 4.78 is 0.873. The molecule has 1 aromatic heterocycles. The van der Waals surface area contributed by atoms with Gasteiger partial charge in [-0.3, -0.25) is 0 Å². The minimum absolute atomic E-state index is 0.836. The van der Waals surface area contributed by atoms with Crippen molar-refractivity contribution in [3.05, 3.63) is 57.3 Å². The molecule has 0 aliphatic rings. The van der Waals surface area contributed by atoms with E-state index in [0.29, 0.717) is 0 Å². The molecule has 94 valence electrons. The smallest absolute Gasteiger partial charge is 0.106 e. The van der Waals surface area contributed by atoms with Crippen molar-refractivity contribution >= 4 is 21.6 Å². The van der Waals surface area contributed by atoms with E-state index in [0.717, 1.165) is 22.5 Å². The molecule has 2 nitrogen and oxygen atoms in total. The van der Waals surface area contributed by atoms with Crippen LogP contribution >= 0.6 is 15.9 Å². The maximum Gasteiger partial charge on any atom is 0.106 e. The summed E-state index contributed by atoms with van der Waals surface area (Å²) >= 11 is 3.38. The van der Waals surface area contributed by atoms with Gasteiger partial charge in [0.15, 0.2) is 0 Å². The second-order valence-electron chi connectivity index (χ2n) is 4.49. The summed E-state index contributed by atoms with van der Waals surface area (Å²) in [5.41, 5.74) is 6.10. The topological polar surface area (TPSA) is 24.9 Å². The lowest BCUT2D eigenvalue weighted by Crippen LogP contribution is -2.05. The van der Waals surface area contributed by atoms with E-state index in [-0.39, 0.29) is 0 Å². The summed E-state index contributed by atoms with van der Waals surface area (Å²) in [5.74, 6) is 0. The predicted octanol–water partition coefficient (Wildman–Crippen LogP) is 4.38. The van der Waals surface area contributed by atoms with Crippen LogP contribution in [-0.4, -0.2) is 4.98 Å². The van der Waals surface area contributed by atoms with Crippen molar-refractivity contribution in [1.82, 2.24) is 4.98 Å². The fraction of sp³-hybridized carbons (Fsp3) is 0.267. The van der Waals surface area contributed by atoms with E-state index in [2.05, 4.69) is 64.3 Å². The Morgan fingerprint density at radius 3 is 2.33 bits per heavy atom. The van der Waals surface area contributed by atoms with Crippen LogP contribution < -0.4 is 5.32 Å². The quantitative estimate of drug-likeness (QED) is 0.851. The first-order valence-electron chi connectivity index (χ1n) is 6.00. The van der Waals surface area contributed by atoms with Crippen LogP contribution in [0.25, 0.3) is 0 Å². The Labute approximate surface area is 117 Å². The number of pyridine rings is 1. The van der Waals surface area contributed by atoms with Gasteiger partial charge in [-0.25, -0.2) is 4.98 Å². The van der Waals surface area contributed by atoms with Crippen molar-refractivity contribution in [3.8, 4) is 0 Å². The molecule has 0 saturated carbocycles. The molecule has 0 radical (unpaired) electrons. The van der Waals surface area contributed by atoms with Gasteiger partial charge in [-0.2, -0.15) is 0 Å². The van der Waals surface area contributed by atoms with Gasteiger partial charge in [0, 0.05) is 6.54 Å². The monoisotopic (exact) mass is 304 g/mol. The van der Waals surface area contributed by atoms with E-state index in [9.17, 15) is 0 Å². The van der Waals surface area contributed by atoms with Gasteiger partial charge < -0.3 is 5.32 Å². The average molecular weight is 305 g/mol. The molecule has 0 atom stereocenters. The Morgan fingerprint density at radius 2 is 1.72 bits per heavy atom. The highest BCUT2D eigenvalue weighted by Crippen LogP contribution is 2.19. The van der Waals surface area contributed by atoms with Crippen molar-refractivity contribution in [2.45, 2.75) is 27.3 Å². The van der Waals surface area contributed by atoms with E-state index in [1.54, 1.807) is 0 Å². The molecular formula is C15H17BrN2. The van der Waals surface area contributed by atoms with Crippen molar-refractivity contribution < 1.29 is 0 Å². The van der Waals surface area contributed by atoms with Gasteiger partial charge in [0.05, 0.1) is 11.4 Å². The zero-order valence-electron chi connectivity index (χ0n) is 10.9. The van der Waals surface area contributed by atoms with E-state index in [1.165, 1.54) is 16.7 Å². The second kappa shape index (κ2) is 5.53. The molecule has 0 fully saturated rings. The van der Waals surface area contributed by atoms with Crippen molar-refractivity contribution in [2.24, 2.45) is 0 Å². The molecule has 0 aliphatic carbocycles. The average Bonchev–Trinajstić information content (AvgIpc) is 2.31. The van der Waals surface area contributed by atoms with Crippen LogP contribution in [0, 0.1) is 20.8 Å². The van der Waals surface area contributed by atoms with Crippen LogP contribution in [-0.2, 0) is 6.54 Å². The summed E-state index contributed by atoms with van der Waals surface area (Å²) in [5, 5.41) is 3.45. The summed E-state index contributed by atoms with van der Waals surface area (Å²) in [4.78, 5) is 4.38. The van der Waals surface area contributed by atoms with Gasteiger partial charge in [0.25, 0.3) is 0 Å². The third-order valence-electron chi connectivity index (χ3n) is 3.15. The number of hydrogen-bond donors (Lipinski definition) is 1. The Morgan fingerprint density at radius 1 is 1.06 bits per heavy atom. The Balaban J connectivity index is 2.16. The van der Waals surface area contributed by atoms with E-state index in [4.69, 9.17) is 0 Å². The van der Waals surface area contributed by atoms with Crippen LogP contribution in [0.3, 0.4) is 0 Å². The van der Waals surface area contributed by atoms with Gasteiger partial charge in [-0.15, -0.1) is 0 Å². The number of nitrogens with zero attached hydrogens (tertiary/aromatic N) is 1. The largest absolute Gasteiger partial charge is 0.379 e. The zero-order valence-corrected chi connectivity index (χ0v) is 12.5. The Hall–Kier alpha value is -1.35. The summed E-state index contributed by atoms with van der Waals surface area (Å²) in [7, 11) is 0. The van der Waals surface area contributed by atoms with E-state index >= 15 is 0 Å². The third-order valence-corrected chi connectivity index (χ3v) is 3.59. The lowest BCUT2D eigenvalue weighted by atomic mass is 10.0. The first kappa shape index (κ1) is 13.1. The van der Waals surface area contributed by atoms with Crippen molar-refractivity contribution in [3.63, 3.8) is 0 Å².